The molecule has 4 fully saturated rings. The minimum Gasteiger partial charge on any atom is -0.465 e. The number of β-amino-alcohol motifs (C(OH)–C–C–N with tert-alkyl or cyclic N) is 1. The zero-order valence-electron chi connectivity index (χ0n) is 20.3. The third-order valence-electron chi connectivity index (χ3n) is 8.06. The van der Waals surface area contributed by atoms with Gasteiger partial charge in [0.15, 0.2) is 0 Å². The van der Waals surface area contributed by atoms with E-state index in [1.165, 1.54) is 6.42 Å². The minimum atomic E-state index is -0.707. The number of esters is 1. The molecule has 4 aliphatic rings. The van der Waals surface area contributed by atoms with Crippen LogP contribution in [0.25, 0.3) is 0 Å². The molecule has 0 radical (unpaired) electrons. The maximum atomic E-state index is 14.3. The van der Waals surface area contributed by atoms with E-state index >= 15 is 0 Å². The number of halogens is 1. The first-order valence-electron chi connectivity index (χ1n) is 12.8. The van der Waals surface area contributed by atoms with Gasteiger partial charge in [0.2, 0.25) is 11.8 Å². The number of hydrogen-bond donors (Lipinski definition) is 1. The first-order valence-corrected chi connectivity index (χ1v) is 14.6. The number of fused-ring (bicyclic) bond motifs is 1. The van der Waals surface area contributed by atoms with Gasteiger partial charge in [0.25, 0.3) is 0 Å². The topological polar surface area (TPSA) is 87.2 Å². The molecule has 0 aromatic heterocycles. The molecule has 0 aromatic carbocycles. The summed E-state index contributed by atoms with van der Waals surface area (Å²) in [6, 6.07) is -0.576. The van der Waals surface area contributed by atoms with Gasteiger partial charge in [-0.25, -0.2) is 0 Å². The third-order valence-corrected chi connectivity index (χ3v) is 11.3. The lowest BCUT2D eigenvalue weighted by molar-refractivity contribution is -0.154. The molecule has 3 aliphatic heterocycles. The van der Waals surface area contributed by atoms with E-state index in [9.17, 15) is 19.5 Å². The van der Waals surface area contributed by atoms with Crippen LogP contribution < -0.4 is 0 Å². The largest absolute Gasteiger partial charge is 0.465 e. The molecule has 9 heteroatoms. The van der Waals surface area contributed by atoms with Crippen molar-refractivity contribution in [2.75, 3.05) is 26.3 Å². The van der Waals surface area contributed by atoms with Crippen LogP contribution in [0.15, 0.2) is 25.3 Å². The van der Waals surface area contributed by atoms with E-state index in [0.29, 0.717) is 19.4 Å². The highest BCUT2D eigenvalue weighted by molar-refractivity contribution is 9.09. The SMILES string of the molecule is C=CCCCOC(=O)[C@H]1[C@@H]2SC3(CC2Br)C(C(=O)N(CC=C)C2CCCCC2)N(CCO)C(=O)[C@H]13. The Labute approximate surface area is 220 Å². The standard InChI is InChI=1S/C26H37BrN2O5S/c1-3-5-9-15-34-25(33)19-20-23(31)29(13-14-30)22(26(20)16-18(27)21(19)35-26)24(32)28(12-4-2)17-10-7-6-8-11-17/h3-4,17-22,30H,1-2,5-16H2/t18?,19-,20+,21-,22?,26?/m1/s1. The van der Waals surface area contributed by atoms with Crippen molar-refractivity contribution in [3.8, 4) is 0 Å². The second-order valence-corrected chi connectivity index (χ2v) is 12.8. The molecule has 1 saturated carbocycles. The highest BCUT2D eigenvalue weighted by atomic mass is 79.9. The number of likely N-dealkylation sites (tertiary alicyclic amines) is 1. The van der Waals surface area contributed by atoms with Crippen molar-refractivity contribution in [1.29, 1.82) is 0 Å². The van der Waals surface area contributed by atoms with Crippen molar-refractivity contribution >= 4 is 45.5 Å². The van der Waals surface area contributed by atoms with Crippen molar-refractivity contribution in [3.63, 3.8) is 0 Å². The lowest BCUT2D eigenvalue weighted by Gasteiger charge is -2.41. The summed E-state index contributed by atoms with van der Waals surface area (Å²) >= 11 is 5.37. The van der Waals surface area contributed by atoms with Crippen LogP contribution in [0.4, 0.5) is 0 Å². The van der Waals surface area contributed by atoms with Gasteiger partial charge in [0.05, 0.1) is 29.8 Å². The average Bonchev–Trinajstić information content (AvgIpc) is 3.44. The van der Waals surface area contributed by atoms with Gasteiger partial charge in [-0.3, -0.25) is 14.4 Å². The molecule has 0 aromatic rings. The molecule has 7 nitrogen and oxygen atoms in total. The van der Waals surface area contributed by atoms with Gasteiger partial charge < -0.3 is 19.6 Å². The zero-order chi connectivity index (χ0) is 25.2. The normalized spacial score (nSPS) is 34.1. The van der Waals surface area contributed by atoms with Crippen molar-refractivity contribution in [2.45, 2.75) is 78.3 Å². The highest BCUT2D eigenvalue weighted by Gasteiger charge is 2.76. The van der Waals surface area contributed by atoms with Gasteiger partial charge >= 0.3 is 5.97 Å². The Morgan fingerprint density at radius 2 is 2.00 bits per heavy atom. The number of ether oxygens (including phenoxy) is 1. The first kappa shape index (κ1) is 26.7. The summed E-state index contributed by atoms with van der Waals surface area (Å²) in [6.45, 7) is 8.15. The quantitative estimate of drug-likeness (QED) is 0.178. The van der Waals surface area contributed by atoms with Gasteiger partial charge in [-0.2, -0.15) is 0 Å². The Hall–Kier alpha value is -1.32. The first-order chi connectivity index (χ1) is 16.9. The number of rotatable bonds is 11. The van der Waals surface area contributed by atoms with Crippen molar-refractivity contribution in [2.24, 2.45) is 11.8 Å². The van der Waals surface area contributed by atoms with Crippen molar-refractivity contribution in [1.82, 2.24) is 9.80 Å². The molecule has 3 unspecified atom stereocenters. The summed E-state index contributed by atoms with van der Waals surface area (Å²) in [5, 5.41) is 9.69. The number of amides is 2. The molecular formula is C26H37BrN2O5S. The number of alkyl halides is 1. The van der Waals surface area contributed by atoms with Crippen molar-refractivity contribution < 1.29 is 24.2 Å². The predicted molar refractivity (Wildman–Crippen MR) is 140 cm³/mol. The molecule has 4 rings (SSSR count). The fourth-order valence-corrected chi connectivity index (χ4v) is 10.2. The van der Waals surface area contributed by atoms with Crippen LogP contribution in [0.3, 0.4) is 0 Å². The van der Waals surface area contributed by atoms with Crippen LogP contribution in [-0.2, 0) is 19.1 Å². The third kappa shape index (κ3) is 4.73. The molecule has 1 N–H and O–H groups in total. The summed E-state index contributed by atoms with van der Waals surface area (Å²) in [5.74, 6) is -1.86. The number of carbonyl (C=O) groups excluding carboxylic acids is 3. The molecule has 194 valence electrons. The number of carbonyl (C=O) groups is 3. The summed E-state index contributed by atoms with van der Waals surface area (Å²) in [5.41, 5.74) is 0. The lowest BCUT2D eigenvalue weighted by Crippen LogP contribution is -2.57. The van der Waals surface area contributed by atoms with Crippen LogP contribution in [0.1, 0.15) is 51.4 Å². The van der Waals surface area contributed by atoms with Crippen LogP contribution in [0.5, 0.6) is 0 Å². The predicted octanol–water partition coefficient (Wildman–Crippen LogP) is 3.30. The lowest BCUT2D eigenvalue weighted by atomic mass is 9.71. The summed E-state index contributed by atoms with van der Waals surface area (Å²) in [7, 11) is 0. The van der Waals surface area contributed by atoms with Gasteiger partial charge in [-0.05, 0) is 32.1 Å². The molecule has 2 bridgehead atoms. The van der Waals surface area contributed by atoms with Gasteiger partial charge in [0, 0.05) is 29.2 Å². The maximum absolute atomic E-state index is 14.3. The van der Waals surface area contributed by atoms with Gasteiger partial charge in [0.1, 0.15) is 6.04 Å². The fraction of sp³-hybridized carbons (Fsp3) is 0.731. The molecule has 2 amide bonds. The van der Waals surface area contributed by atoms with Gasteiger partial charge in [-0.1, -0.05) is 47.3 Å². The molecule has 1 spiro atoms. The molecule has 3 heterocycles. The fourth-order valence-electron chi connectivity index (χ4n) is 6.63. The monoisotopic (exact) mass is 568 g/mol. The van der Waals surface area contributed by atoms with Crippen molar-refractivity contribution in [3.05, 3.63) is 25.3 Å². The Kier molecular flexibility index (Phi) is 8.69. The Morgan fingerprint density at radius 3 is 2.66 bits per heavy atom. The maximum Gasteiger partial charge on any atom is 0.310 e. The van der Waals surface area contributed by atoms with E-state index in [-0.39, 0.29) is 53.7 Å². The molecule has 1 aliphatic carbocycles. The Morgan fingerprint density at radius 1 is 1.26 bits per heavy atom. The molecule has 3 saturated heterocycles. The minimum absolute atomic E-state index is 0.00851. The van der Waals surface area contributed by atoms with Crippen LogP contribution in [0, 0.1) is 11.8 Å². The Bertz CT molecular complexity index is 850. The number of nitrogens with zero attached hydrogens (tertiary/aromatic N) is 2. The van der Waals surface area contributed by atoms with E-state index in [4.69, 9.17) is 4.74 Å². The van der Waals surface area contributed by atoms with Crippen LogP contribution >= 0.6 is 27.7 Å². The molecular weight excluding hydrogens is 532 g/mol. The number of aliphatic hydroxyl groups excluding tert-OH is 1. The van der Waals surface area contributed by atoms with E-state index in [2.05, 4.69) is 29.1 Å². The van der Waals surface area contributed by atoms with E-state index in [1.54, 1.807) is 28.8 Å². The second kappa shape index (κ2) is 11.4. The number of unbranched alkanes of at least 4 members (excludes halogenated alkanes) is 1. The average molecular weight is 570 g/mol. The second-order valence-electron chi connectivity index (χ2n) is 10.1. The summed E-state index contributed by atoms with van der Waals surface area (Å²) in [4.78, 5) is 44.8. The van der Waals surface area contributed by atoms with Gasteiger partial charge in [-0.15, -0.1) is 24.9 Å². The number of thioether (sulfide) groups is 1. The molecule has 35 heavy (non-hydrogen) atoms. The number of allylic oxidation sites excluding steroid dienone is 1. The Balaban J connectivity index is 1.65. The van der Waals surface area contributed by atoms with E-state index in [0.717, 1.165) is 32.1 Å². The molecule has 6 atom stereocenters. The summed E-state index contributed by atoms with van der Waals surface area (Å²) < 4.78 is 4.90. The smallest absolute Gasteiger partial charge is 0.310 e. The highest BCUT2D eigenvalue weighted by Crippen LogP contribution is 2.68. The van der Waals surface area contributed by atoms with E-state index in [1.807, 2.05) is 4.90 Å². The number of aliphatic hydroxyl groups is 1. The number of hydrogen-bond acceptors (Lipinski definition) is 6. The summed E-state index contributed by atoms with van der Waals surface area (Å²) in [6.07, 6.45) is 10.9. The zero-order valence-corrected chi connectivity index (χ0v) is 22.7. The van der Waals surface area contributed by atoms with Crippen LogP contribution in [-0.4, -0.2) is 85.9 Å². The van der Waals surface area contributed by atoms with E-state index < -0.39 is 22.6 Å². The van der Waals surface area contributed by atoms with Crippen LogP contribution in [0.2, 0.25) is 0 Å².